The van der Waals surface area contributed by atoms with Gasteiger partial charge in [0.25, 0.3) is 10.0 Å². The first-order chi connectivity index (χ1) is 17.7. The first kappa shape index (κ1) is 26.5. The average molecular weight is 522 g/mol. The molecule has 4 rings (SSSR count). The van der Waals surface area contributed by atoms with E-state index in [1.807, 2.05) is 26.0 Å². The van der Waals surface area contributed by atoms with Crippen molar-refractivity contribution in [1.29, 1.82) is 0 Å². The third-order valence-electron chi connectivity index (χ3n) is 6.87. The van der Waals surface area contributed by atoms with Gasteiger partial charge in [-0.15, -0.1) is 0 Å². The molecule has 1 heterocycles. The van der Waals surface area contributed by atoms with Crippen LogP contribution in [0.15, 0.2) is 71.6 Å². The molecule has 0 radical (unpaired) electrons. The van der Waals surface area contributed by atoms with Gasteiger partial charge in [0.1, 0.15) is 12.3 Å². The van der Waals surface area contributed by atoms with Crippen molar-refractivity contribution in [3.63, 3.8) is 0 Å². The van der Waals surface area contributed by atoms with E-state index in [9.17, 15) is 13.2 Å². The Balaban J connectivity index is 1.53. The van der Waals surface area contributed by atoms with Crippen LogP contribution in [0.2, 0.25) is 0 Å². The van der Waals surface area contributed by atoms with E-state index in [0.29, 0.717) is 44.2 Å². The lowest BCUT2D eigenvalue weighted by molar-refractivity contribution is -0.129. The number of hydrogen-bond acceptors (Lipinski definition) is 5. The zero-order chi connectivity index (χ0) is 26.6. The number of aryl methyl sites for hydroxylation is 2. The number of carbonyl (C=O) groups is 1. The van der Waals surface area contributed by atoms with Crippen LogP contribution in [0.25, 0.3) is 0 Å². The standard InChI is InChI=1S/C29H35N3O4S/c1-5-36-26-13-15-27(16-14-26)37(34,35)32(25-11-9-22(2)10-12-25)21-29(33)31-19-17-30(18-20-31)28-8-6-7-23(3)24(28)4/h6-16H,5,17-21H2,1-4H3. The van der Waals surface area contributed by atoms with Gasteiger partial charge in [-0.1, -0.05) is 29.8 Å². The molecule has 0 aromatic heterocycles. The van der Waals surface area contributed by atoms with Crippen LogP contribution in [-0.4, -0.2) is 58.6 Å². The van der Waals surface area contributed by atoms with Crippen molar-refractivity contribution in [2.75, 3.05) is 48.5 Å². The molecule has 196 valence electrons. The van der Waals surface area contributed by atoms with Gasteiger partial charge in [-0.2, -0.15) is 0 Å². The monoisotopic (exact) mass is 521 g/mol. The van der Waals surface area contributed by atoms with E-state index in [1.165, 1.54) is 33.3 Å². The maximum absolute atomic E-state index is 13.7. The van der Waals surface area contributed by atoms with Gasteiger partial charge in [0, 0.05) is 31.9 Å². The van der Waals surface area contributed by atoms with Crippen molar-refractivity contribution in [3.8, 4) is 5.75 Å². The van der Waals surface area contributed by atoms with Gasteiger partial charge in [0.15, 0.2) is 0 Å². The van der Waals surface area contributed by atoms with Crippen molar-refractivity contribution < 1.29 is 17.9 Å². The number of hydrogen-bond donors (Lipinski definition) is 0. The smallest absolute Gasteiger partial charge is 0.264 e. The quantitative estimate of drug-likeness (QED) is 0.435. The first-order valence-electron chi connectivity index (χ1n) is 12.6. The normalized spacial score (nSPS) is 13.9. The lowest BCUT2D eigenvalue weighted by atomic mass is 10.1. The van der Waals surface area contributed by atoms with E-state index in [2.05, 4.69) is 36.9 Å². The van der Waals surface area contributed by atoms with E-state index in [-0.39, 0.29) is 17.3 Å². The zero-order valence-electron chi connectivity index (χ0n) is 22.0. The second-order valence-corrected chi connectivity index (χ2v) is 11.2. The van der Waals surface area contributed by atoms with E-state index in [1.54, 1.807) is 29.2 Å². The molecule has 3 aromatic rings. The highest BCUT2D eigenvalue weighted by molar-refractivity contribution is 7.92. The van der Waals surface area contributed by atoms with E-state index in [0.717, 1.165) is 5.56 Å². The molecular weight excluding hydrogens is 486 g/mol. The second-order valence-electron chi connectivity index (χ2n) is 9.34. The molecule has 1 aliphatic rings. The summed E-state index contributed by atoms with van der Waals surface area (Å²) in [5, 5.41) is 0. The van der Waals surface area contributed by atoms with Crippen LogP contribution >= 0.6 is 0 Å². The fourth-order valence-electron chi connectivity index (χ4n) is 4.53. The average Bonchev–Trinajstić information content (AvgIpc) is 2.90. The number of benzene rings is 3. The number of nitrogens with zero attached hydrogens (tertiary/aromatic N) is 3. The summed E-state index contributed by atoms with van der Waals surface area (Å²) in [4.78, 5) is 17.6. The topological polar surface area (TPSA) is 70.2 Å². The number of carbonyl (C=O) groups excluding carboxylic acids is 1. The van der Waals surface area contributed by atoms with Crippen LogP contribution in [-0.2, 0) is 14.8 Å². The summed E-state index contributed by atoms with van der Waals surface area (Å²) in [6, 6.07) is 19.8. The van der Waals surface area contributed by atoms with Crippen LogP contribution < -0.4 is 13.9 Å². The minimum absolute atomic E-state index is 0.115. The lowest BCUT2D eigenvalue weighted by Crippen LogP contribution is -2.52. The molecule has 0 unspecified atom stereocenters. The van der Waals surface area contributed by atoms with Crippen LogP contribution in [0.4, 0.5) is 11.4 Å². The van der Waals surface area contributed by atoms with Gasteiger partial charge in [0.2, 0.25) is 5.91 Å². The number of amides is 1. The van der Waals surface area contributed by atoms with Crippen LogP contribution in [0.1, 0.15) is 23.6 Å². The highest BCUT2D eigenvalue weighted by Crippen LogP contribution is 2.27. The molecule has 0 aliphatic carbocycles. The minimum atomic E-state index is -3.98. The molecule has 0 bridgehead atoms. The Hall–Kier alpha value is -3.52. The number of anilines is 2. The number of piperazine rings is 1. The SMILES string of the molecule is CCOc1ccc(S(=O)(=O)N(CC(=O)N2CCN(c3cccc(C)c3C)CC2)c2ccc(C)cc2)cc1. The molecule has 3 aromatic carbocycles. The highest BCUT2D eigenvalue weighted by Gasteiger charge is 2.30. The molecule has 0 atom stereocenters. The van der Waals surface area contributed by atoms with Crippen LogP contribution in [0.3, 0.4) is 0 Å². The molecule has 0 N–H and O–H groups in total. The Bertz CT molecular complexity index is 1330. The van der Waals surface area contributed by atoms with Gasteiger partial charge in [-0.25, -0.2) is 8.42 Å². The molecule has 7 nitrogen and oxygen atoms in total. The molecule has 1 saturated heterocycles. The van der Waals surface area contributed by atoms with Crippen LogP contribution in [0.5, 0.6) is 5.75 Å². The number of rotatable bonds is 8. The van der Waals surface area contributed by atoms with Crippen molar-refractivity contribution in [3.05, 3.63) is 83.4 Å². The molecule has 0 spiro atoms. The summed E-state index contributed by atoms with van der Waals surface area (Å²) in [6.45, 7) is 10.7. The van der Waals surface area contributed by atoms with E-state index in [4.69, 9.17) is 4.74 Å². The summed E-state index contributed by atoms with van der Waals surface area (Å²) in [6.07, 6.45) is 0. The molecule has 1 fully saturated rings. The maximum atomic E-state index is 13.7. The maximum Gasteiger partial charge on any atom is 0.264 e. The van der Waals surface area contributed by atoms with Crippen molar-refractivity contribution in [2.24, 2.45) is 0 Å². The van der Waals surface area contributed by atoms with Crippen molar-refractivity contribution in [1.82, 2.24) is 4.90 Å². The Kier molecular flexibility index (Phi) is 8.07. The van der Waals surface area contributed by atoms with Gasteiger partial charge in [-0.3, -0.25) is 9.10 Å². The Morgan fingerprint density at radius 1 is 0.892 bits per heavy atom. The fourth-order valence-corrected chi connectivity index (χ4v) is 5.94. The lowest BCUT2D eigenvalue weighted by Gasteiger charge is -2.38. The molecule has 1 amide bonds. The minimum Gasteiger partial charge on any atom is -0.494 e. The Labute approximate surface area is 220 Å². The van der Waals surface area contributed by atoms with Gasteiger partial charge in [-0.05, 0) is 81.3 Å². The third kappa shape index (κ3) is 5.91. The van der Waals surface area contributed by atoms with E-state index >= 15 is 0 Å². The van der Waals surface area contributed by atoms with Crippen molar-refractivity contribution in [2.45, 2.75) is 32.6 Å². The zero-order valence-corrected chi connectivity index (χ0v) is 22.8. The third-order valence-corrected chi connectivity index (χ3v) is 8.66. The van der Waals surface area contributed by atoms with Crippen molar-refractivity contribution >= 4 is 27.3 Å². The molecule has 1 aliphatic heterocycles. The largest absolute Gasteiger partial charge is 0.494 e. The second kappa shape index (κ2) is 11.3. The van der Waals surface area contributed by atoms with E-state index < -0.39 is 10.0 Å². The predicted octanol–water partition coefficient (Wildman–Crippen LogP) is 4.55. The van der Waals surface area contributed by atoms with Gasteiger partial charge < -0.3 is 14.5 Å². The Morgan fingerprint density at radius 2 is 1.54 bits per heavy atom. The summed E-state index contributed by atoms with van der Waals surface area (Å²) in [5.74, 6) is 0.386. The summed E-state index contributed by atoms with van der Waals surface area (Å²) in [5.41, 5.74) is 5.14. The Morgan fingerprint density at radius 3 is 2.16 bits per heavy atom. The number of sulfonamides is 1. The molecule has 37 heavy (non-hydrogen) atoms. The molecule has 0 saturated carbocycles. The fraction of sp³-hybridized carbons (Fsp3) is 0.345. The summed E-state index contributed by atoms with van der Waals surface area (Å²) in [7, 11) is -3.98. The number of ether oxygens (including phenoxy) is 1. The van der Waals surface area contributed by atoms with Gasteiger partial charge >= 0.3 is 0 Å². The van der Waals surface area contributed by atoms with Gasteiger partial charge in [0.05, 0.1) is 17.2 Å². The van der Waals surface area contributed by atoms with Crippen LogP contribution in [0, 0.1) is 20.8 Å². The summed E-state index contributed by atoms with van der Waals surface area (Å²) >= 11 is 0. The highest BCUT2D eigenvalue weighted by atomic mass is 32.2. The molecule has 8 heteroatoms. The summed E-state index contributed by atoms with van der Waals surface area (Å²) < 4.78 is 34.1. The predicted molar refractivity (Wildman–Crippen MR) is 148 cm³/mol. The first-order valence-corrected chi connectivity index (χ1v) is 14.1. The molecular formula is C29H35N3O4S.